The molecular weight excluding hydrogens is 655 g/mol. The van der Waals surface area contributed by atoms with Crippen LogP contribution in [0.3, 0.4) is 0 Å². The summed E-state index contributed by atoms with van der Waals surface area (Å²) in [5.41, 5.74) is 4.56. The highest BCUT2D eigenvalue weighted by molar-refractivity contribution is 8.76. The molecule has 1 saturated carbocycles. The summed E-state index contributed by atoms with van der Waals surface area (Å²) in [7, 11) is 5.17. The molecule has 1 heterocycles. The van der Waals surface area contributed by atoms with Gasteiger partial charge in [0, 0.05) is 36.0 Å². The Labute approximate surface area is 297 Å². The fraction of sp³-hybridized carbons (Fsp3) is 0.425. The first-order valence-corrected chi connectivity index (χ1v) is 20.0. The van der Waals surface area contributed by atoms with E-state index < -0.39 is 6.23 Å². The first-order valence-electron chi connectivity index (χ1n) is 17.5. The number of carbonyl (C=O) groups is 1. The van der Waals surface area contributed by atoms with Crippen molar-refractivity contribution in [3.8, 4) is 34.1 Å². The lowest BCUT2D eigenvalue weighted by Crippen LogP contribution is -2.38. The van der Waals surface area contributed by atoms with Crippen LogP contribution in [0.1, 0.15) is 87.1 Å². The Kier molecular flexibility index (Phi) is 12.3. The molecule has 49 heavy (non-hydrogen) atoms. The Morgan fingerprint density at radius 2 is 1.63 bits per heavy atom. The van der Waals surface area contributed by atoms with E-state index in [0.29, 0.717) is 36.8 Å². The maximum atomic E-state index is 13.8. The van der Waals surface area contributed by atoms with E-state index in [2.05, 4.69) is 11.4 Å². The lowest BCUT2D eigenvalue weighted by atomic mass is 9.89. The fourth-order valence-electron chi connectivity index (χ4n) is 7.20. The van der Waals surface area contributed by atoms with Crippen molar-refractivity contribution in [1.82, 2.24) is 5.32 Å². The molecule has 4 aromatic rings. The van der Waals surface area contributed by atoms with E-state index >= 15 is 0 Å². The maximum absolute atomic E-state index is 13.8. The molecule has 2 atom stereocenters. The number of hydrogen-bond acceptors (Lipinski definition) is 9. The highest BCUT2D eigenvalue weighted by Gasteiger charge is 2.26. The van der Waals surface area contributed by atoms with Crippen LogP contribution in [-0.2, 0) is 21.7 Å². The minimum absolute atomic E-state index is 0.0443. The predicted molar refractivity (Wildman–Crippen MR) is 201 cm³/mol. The molecule has 0 saturated heterocycles. The lowest BCUT2D eigenvalue weighted by Gasteiger charge is -2.31. The highest BCUT2D eigenvalue weighted by Crippen LogP contribution is 2.45. The number of ketones is 1. The van der Waals surface area contributed by atoms with E-state index in [1.54, 1.807) is 42.2 Å². The summed E-state index contributed by atoms with van der Waals surface area (Å²) in [6.45, 7) is 0. The molecule has 4 aromatic carbocycles. The van der Waals surface area contributed by atoms with Crippen LogP contribution in [0.15, 0.2) is 66.7 Å². The second kappa shape index (κ2) is 17.0. The van der Waals surface area contributed by atoms with Crippen molar-refractivity contribution in [2.45, 2.75) is 94.8 Å². The molecule has 0 aromatic heterocycles. The third kappa shape index (κ3) is 9.06. The molecule has 6 rings (SSSR count). The second-order valence-electron chi connectivity index (χ2n) is 13.2. The first kappa shape index (κ1) is 35.5. The Morgan fingerprint density at radius 3 is 2.45 bits per heavy atom. The normalized spacial score (nSPS) is 19.2. The molecule has 9 heteroatoms. The minimum Gasteiger partial charge on any atom is -0.508 e. The largest absolute Gasteiger partial charge is 0.508 e. The number of Topliss-reactive ketones (excluding diaryl/α,β-unsaturated/α-hetero) is 1. The van der Waals surface area contributed by atoms with Gasteiger partial charge in [-0.15, -0.1) is 0 Å². The quantitative estimate of drug-likeness (QED) is 0.115. The number of ether oxygens (including phenoxy) is 2. The topological polar surface area (TPSA) is 108 Å². The van der Waals surface area contributed by atoms with Gasteiger partial charge >= 0.3 is 0 Å². The number of aryl methyl sites for hydroxylation is 1. The van der Waals surface area contributed by atoms with E-state index in [0.717, 1.165) is 76.4 Å². The number of phenols is 3. The highest BCUT2D eigenvalue weighted by atomic mass is 33.1. The molecule has 1 fully saturated rings. The minimum atomic E-state index is -0.415. The summed E-state index contributed by atoms with van der Waals surface area (Å²) >= 11 is 0. The van der Waals surface area contributed by atoms with E-state index in [1.165, 1.54) is 19.3 Å². The predicted octanol–water partition coefficient (Wildman–Crippen LogP) is 9.60. The molecule has 0 spiro atoms. The third-order valence-corrected chi connectivity index (χ3v) is 12.1. The standard InChI is InChI=1S/C40H47NO6S2/c1-46-39-37(45)20-16-27-14-18-31(43)23-33(47-40(28-8-7-11-30(42)22-28)41-29-9-3-2-4-10-29)12-5-6-21-48-49-25-36-34(38(27)39)19-15-26-13-17-32(44)24-35(26)36/h7-8,11,13,15-17,19-20,22,24,29,33,40-42,44-45H,2-6,9-10,12,14,18,21,23,25H2,1H3/t33-,40+/m1/s1. The Bertz CT molecular complexity index is 1740. The van der Waals surface area contributed by atoms with Crippen LogP contribution >= 0.6 is 21.6 Å². The van der Waals surface area contributed by atoms with Crippen LogP contribution in [0.5, 0.6) is 23.0 Å². The molecule has 1 aliphatic carbocycles. The van der Waals surface area contributed by atoms with Gasteiger partial charge in [-0.2, -0.15) is 0 Å². The number of rotatable bonds is 6. The SMILES string of the molecule is COc1c(O)ccc2c1-c1ccc3ccc(O)cc3c1CSSCCCC[C@@H](O[C@H](NC1CCCCC1)c1cccc(O)c1)CC(=O)CC2. The number of hydrogen-bond donors (Lipinski definition) is 4. The molecule has 1 aliphatic heterocycles. The number of methoxy groups -OCH3 is 1. The van der Waals surface area contributed by atoms with Gasteiger partial charge in [-0.05, 0) is 95.5 Å². The summed E-state index contributed by atoms with van der Waals surface area (Å²) in [6.07, 6.45) is 8.94. The number of phenolic OH excluding ortho intramolecular Hbond substituents is 3. The van der Waals surface area contributed by atoms with Crippen molar-refractivity contribution in [2.75, 3.05) is 12.9 Å². The van der Waals surface area contributed by atoms with Crippen LogP contribution in [0.25, 0.3) is 21.9 Å². The maximum Gasteiger partial charge on any atom is 0.168 e. The molecule has 4 N–H and O–H groups in total. The van der Waals surface area contributed by atoms with Gasteiger partial charge in [-0.1, -0.05) is 83.7 Å². The molecule has 0 amide bonds. The van der Waals surface area contributed by atoms with Crippen molar-refractivity contribution in [3.63, 3.8) is 0 Å². The van der Waals surface area contributed by atoms with Gasteiger partial charge in [-0.3, -0.25) is 10.1 Å². The smallest absolute Gasteiger partial charge is 0.168 e. The zero-order chi connectivity index (χ0) is 34.2. The molecule has 0 radical (unpaired) electrons. The average Bonchev–Trinajstić information content (AvgIpc) is 3.10. The summed E-state index contributed by atoms with van der Waals surface area (Å²) < 4.78 is 12.6. The fourth-order valence-corrected chi connectivity index (χ4v) is 9.46. The summed E-state index contributed by atoms with van der Waals surface area (Å²) in [6, 6.07) is 20.7. The second-order valence-corrected chi connectivity index (χ2v) is 15.8. The molecule has 7 nitrogen and oxygen atoms in total. The van der Waals surface area contributed by atoms with E-state index in [1.807, 2.05) is 47.2 Å². The Balaban J connectivity index is 1.30. The third-order valence-electron chi connectivity index (χ3n) is 9.73. The Morgan fingerprint density at radius 1 is 0.837 bits per heavy atom. The lowest BCUT2D eigenvalue weighted by molar-refractivity contribution is -0.124. The van der Waals surface area contributed by atoms with Crippen molar-refractivity contribution in [2.24, 2.45) is 0 Å². The molecule has 0 unspecified atom stereocenters. The molecule has 0 bridgehead atoms. The van der Waals surface area contributed by atoms with Gasteiger partial charge in [0.2, 0.25) is 0 Å². The number of benzene rings is 4. The van der Waals surface area contributed by atoms with Crippen LogP contribution in [0, 0.1) is 0 Å². The number of nitrogens with one attached hydrogen (secondary N) is 1. The van der Waals surface area contributed by atoms with Gasteiger partial charge < -0.3 is 24.8 Å². The van der Waals surface area contributed by atoms with Crippen LogP contribution in [0.2, 0.25) is 0 Å². The summed E-state index contributed by atoms with van der Waals surface area (Å²) in [5, 5.41) is 37.4. The van der Waals surface area contributed by atoms with Gasteiger partial charge in [0.05, 0.1) is 13.2 Å². The summed E-state index contributed by atoms with van der Waals surface area (Å²) in [5.74, 6) is 2.60. The van der Waals surface area contributed by atoms with Crippen molar-refractivity contribution in [1.29, 1.82) is 0 Å². The van der Waals surface area contributed by atoms with Crippen LogP contribution < -0.4 is 10.1 Å². The van der Waals surface area contributed by atoms with Crippen molar-refractivity contribution in [3.05, 3.63) is 83.4 Å². The Hall–Kier alpha value is -3.37. The first-order chi connectivity index (χ1) is 23.9. The van der Waals surface area contributed by atoms with E-state index in [4.69, 9.17) is 9.47 Å². The molecule has 260 valence electrons. The van der Waals surface area contributed by atoms with Crippen molar-refractivity contribution < 1.29 is 29.6 Å². The van der Waals surface area contributed by atoms with Crippen molar-refractivity contribution >= 4 is 38.1 Å². The monoisotopic (exact) mass is 701 g/mol. The van der Waals surface area contributed by atoms with Gasteiger partial charge in [0.25, 0.3) is 0 Å². The van der Waals surface area contributed by atoms with Gasteiger partial charge in [0.1, 0.15) is 23.5 Å². The summed E-state index contributed by atoms with van der Waals surface area (Å²) in [4.78, 5) is 13.8. The van der Waals surface area contributed by atoms with Crippen LogP contribution in [0.4, 0.5) is 0 Å². The zero-order valence-electron chi connectivity index (χ0n) is 28.2. The van der Waals surface area contributed by atoms with Gasteiger partial charge in [0.15, 0.2) is 11.5 Å². The number of carbonyl (C=O) groups excluding carboxylic acids is 1. The van der Waals surface area contributed by atoms with E-state index in [-0.39, 0.29) is 29.1 Å². The molecular formula is C40H47NO6S2. The number of aromatic hydroxyl groups is 3. The zero-order valence-corrected chi connectivity index (χ0v) is 29.8. The van der Waals surface area contributed by atoms with Crippen LogP contribution in [-0.4, -0.2) is 46.1 Å². The van der Waals surface area contributed by atoms with E-state index in [9.17, 15) is 20.1 Å². The molecule has 2 aliphatic rings. The average molecular weight is 702 g/mol. The van der Waals surface area contributed by atoms with Gasteiger partial charge in [-0.25, -0.2) is 0 Å². The number of fused-ring (bicyclic) bond motifs is 5.